The monoisotopic (exact) mass is 343 g/mol. The van der Waals surface area contributed by atoms with Gasteiger partial charge < -0.3 is 10.5 Å². The summed E-state index contributed by atoms with van der Waals surface area (Å²) >= 11 is 8.10. The molecular formula is C12H14BrN3O2S. The second kappa shape index (κ2) is 7.75. The predicted octanol–water partition coefficient (Wildman–Crippen LogP) is 1.59. The fraction of sp³-hybridized carbons (Fsp3) is 0.167. The zero-order chi connectivity index (χ0) is 14.3. The van der Waals surface area contributed by atoms with Crippen LogP contribution in [0.1, 0.15) is 0 Å². The molecule has 0 aliphatic heterocycles. The van der Waals surface area contributed by atoms with Crippen LogP contribution in [0.2, 0.25) is 0 Å². The number of carbonyl (C=O) groups is 1. The number of rotatable bonds is 5. The van der Waals surface area contributed by atoms with Crippen LogP contribution < -0.4 is 15.9 Å². The number of carbonyl (C=O) groups excluding carboxylic acids is 1. The first kappa shape index (κ1) is 15.5. The third kappa shape index (κ3) is 5.71. The van der Waals surface area contributed by atoms with Crippen LogP contribution >= 0.6 is 28.1 Å². The number of thiocarbonyl (C=S) groups is 1. The summed E-state index contributed by atoms with van der Waals surface area (Å²) in [6.45, 7) is 3.75. The van der Waals surface area contributed by atoms with Gasteiger partial charge in [-0.3, -0.25) is 15.2 Å². The Hall–Kier alpha value is -1.60. The van der Waals surface area contributed by atoms with Crippen LogP contribution in [0.4, 0.5) is 0 Å². The second-order valence-corrected chi connectivity index (χ2v) is 4.85. The molecule has 3 N–H and O–H groups in total. The molecule has 5 nitrogen and oxygen atoms in total. The standard InChI is InChI=1S/C12H14BrN3O2S/c1-2-7-16(12(14)19)15-11(17)8-18-10-5-3-9(13)4-6-10/h2-6H,1,7-8H2,(H2,14,19)(H,15,17). The second-order valence-electron chi connectivity index (χ2n) is 3.52. The Balaban J connectivity index is 2.44. The van der Waals surface area contributed by atoms with E-state index >= 15 is 0 Å². The van der Waals surface area contributed by atoms with Gasteiger partial charge in [-0.1, -0.05) is 22.0 Å². The first-order chi connectivity index (χ1) is 9.02. The average molecular weight is 344 g/mol. The Morgan fingerprint density at radius 3 is 2.68 bits per heavy atom. The van der Waals surface area contributed by atoms with E-state index < -0.39 is 0 Å². The van der Waals surface area contributed by atoms with Gasteiger partial charge in [-0.05, 0) is 36.5 Å². The molecule has 1 aromatic carbocycles. The topological polar surface area (TPSA) is 67.6 Å². The van der Waals surface area contributed by atoms with Crippen LogP contribution in [0.5, 0.6) is 5.75 Å². The molecule has 0 radical (unpaired) electrons. The van der Waals surface area contributed by atoms with Crippen molar-refractivity contribution in [2.45, 2.75) is 0 Å². The average Bonchev–Trinajstić information content (AvgIpc) is 2.37. The van der Waals surface area contributed by atoms with Crippen molar-refractivity contribution in [1.29, 1.82) is 0 Å². The maximum atomic E-state index is 11.6. The number of hydrogen-bond acceptors (Lipinski definition) is 3. The molecule has 19 heavy (non-hydrogen) atoms. The van der Waals surface area contributed by atoms with Crippen molar-refractivity contribution in [2.24, 2.45) is 5.73 Å². The van der Waals surface area contributed by atoms with Crippen molar-refractivity contribution in [3.05, 3.63) is 41.4 Å². The number of amides is 1. The molecule has 0 unspecified atom stereocenters. The summed E-state index contributed by atoms with van der Waals surface area (Å²) in [4.78, 5) is 11.6. The van der Waals surface area contributed by atoms with Gasteiger partial charge in [-0.15, -0.1) is 6.58 Å². The molecule has 0 saturated heterocycles. The summed E-state index contributed by atoms with van der Waals surface area (Å²) in [6.07, 6.45) is 1.58. The Bertz CT molecular complexity index is 465. The Morgan fingerprint density at radius 2 is 2.16 bits per heavy atom. The molecule has 1 aromatic rings. The van der Waals surface area contributed by atoms with Gasteiger partial charge in [-0.25, -0.2) is 0 Å². The van der Waals surface area contributed by atoms with Crippen LogP contribution in [0.3, 0.4) is 0 Å². The number of nitrogens with one attached hydrogen (secondary N) is 1. The highest BCUT2D eigenvalue weighted by Crippen LogP contribution is 2.15. The molecule has 0 aliphatic rings. The van der Waals surface area contributed by atoms with Crippen LogP contribution in [0.25, 0.3) is 0 Å². The van der Waals surface area contributed by atoms with E-state index in [0.29, 0.717) is 12.3 Å². The third-order valence-corrected chi connectivity index (χ3v) is 2.77. The molecule has 0 aromatic heterocycles. The lowest BCUT2D eigenvalue weighted by atomic mass is 10.3. The quantitative estimate of drug-likeness (QED) is 0.482. The molecule has 102 valence electrons. The van der Waals surface area contributed by atoms with E-state index in [1.54, 1.807) is 18.2 Å². The molecule has 7 heteroatoms. The number of nitrogens with zero attached hydrogens (tertiary/aromatic N) is 1. The van der Waals surface area contributed by atoms with E-state index in [0.717, 1.165) is 4.47 Å². The summed E-state index contributed by atoms with van der Waals surface area (Å²) in [7, 11) is 0. The lowest BCUT2D eigenvalue weighted by Gasteiger charge is -2.21. The molecule has 0 saturated carbocycles. The Kier molecular flexibility index (Phi) is 6.31. The summed E-state index contributed by atoms with van der Waals surface area (Å²) in [5.41, 5.74) is 7.97. The first-order valence-corrected chi connectivity index (χ1v) is 6.58. The summed E-state index contributed by atoms with van der Waals surface area (Å²) in [5, 5.41) is 1.38. The van der Waals surface area contributed by atoms with E-state index in [2.05, 4.69) is 27.9 Å². The fourth-order valence-electron chi connectivity index (χ4n) is 1.18. The highest BCUT2D eigenvalue weighted by atomic mass is 79.9. The molecule has 1 amide bonds. The molecule has 0 spiro atoms. The van der Waals surface area contributed by atoms with Crippen molar-refractivity contribution in [2.75, 3.05) is 13.2 Å². The van der Waals surface area contributed by atoms with E-state index in [1.807, 2.05) is 12.1 Å². The zero-order valence-electron chi connectivity index (χ0n) is 10.1. The smallest absolute Gasteiger partial charge is 0.276 e. The number of halogens is 1. The number of hydrogen-bond donors (Lipinski definition) is 2. The number of nitrogens with two attached hydrogens (primary N) is 1. The van der Waals surface area contributed by atoms with Crippen molar-refractivity contribution < 1.29 is 9.53 Å². The van der Waals surface area contributed by atoms with Crippen LogP contribution in [-0.4, -0.2) is 29.2 Å². The van der Waals surface area contributed by atoms with Crippen LogP contribution in [0, 0.1) is 0 Å². The molecule has 0 atom stereocenters. The highest BCUT2D eigenvalue weighted by Gasteiger charge is 2.09. The molecule has 0 aliphatic carbocycles. The van der Waals surface area contributed by atoms with E-state index in [-0.39, 0.29) is 17.6 Å². The van der Waals surface area contributed by atoms with Crippen molar-refractivity contribution in [1.82, 2.24) is 10.4 Å². The first-order valence-electron chi connectivity index (χ1n) is 5.38. The molecule has 0 heterocycles. The summed E-state index contributed by atoms with van der Waals surface area (Å²) in [6, 6.07) is 7.16. The SMILES string of the molecule is C=CCN(NC(=O)COc1ccc(Br)cc1)C(N)=S. The van der Waals surface area contributed by atoms with Crippen LogP contribution in [-0.2, 0) is 4.79 Å². The maximum Gasteiger partial charge on any atom is 0.276 e. The number of benzene rings is 1. The minimum Gasteiger partial charge on any atom is -0.484 e. The number of ether oxygens (including phenoxy) is 1. The van der Waals surface area contributed by atoms with Crippen LogP contribution in [0.15, 0.2) is 41.4 Å². The van der Waals surface area contributed by atoms with E-state index in [4.69, 9.17) is 22.7 Å². The van der Waals surface area contributed by atoms with Gasteiger partial charge in [0.1, 0.15) is 5.75 Å². The molecular weight excluding hydrogens is 330 g/mol. The summed E-state index contributed by atoms with van der Waals surface area (Å²) in [5.74, 6) is 0.251. The normalized spacial score (nSPS) is 9.53. The van der Waals surface area contributed by atoms with Gasteiger partial charge in [0.15, 0.2) is 11.7 Å². The molecule has 1 rings (SSSR count). The lowest BCUT2D eigenvalue weighted by molar-refractivity contribution is -0.126. The largest absolute Gasteiger partial charge is 0.484 e. The van der Waals surface area contributed by atoms with E-state index in [9.17, 15) is 4.79 Å². The zero-order valence-corrected chi connectivity index (χ0v) is 12.5. The lowest BCUT2D eigenvalue weighted by Crippen LogP contribution is -2.50. The minimum atomic E-state index is -0.349. The van der Waals surface area contributed by atoms with Gasteiger partial charge in [0.2, 0.25) is 0 Å². The Labute approximate surface area is 125 Å². The van der Waals surface area contributed by atoms with E-state index in [1.165, 1.54) is 5.01 Å². The third-order valence-electron chi connectivity index (χ3n) is 2.02. The predicted molar refractivity (Wildman–Crippen MR) is 81.5 cm³/mol. The van der Waals surface area contributed by atoms with Gasteiger partial charge in [0, 0.05) is 4.47 Å². The highest BCUT2D eigenvalue weighted by molar-refractivity contribution is 9.10. The minimum absolute atomic E-state index is 0.0666. The van der Waals surface area contributed by atoms with Crippen molar-refractivity contribution in [3.63, 3.8) is 0 Å². The number of hydrazine groups is 1. The Morgan fingerprint density at radius 1 is 1.53 bits per heavy atom. The van der Waals surface area contributed by atoms with Crippen molar-refractivity contribution in [3.8, 4) is 5.75 Å². The molecule has 0 bridgehead atoms. The maximum absolute atomic E-state index is 11.6. The van der Waals surface area contributed by atoms with Crippen molar-refractivity contribution >= 4 is 39.2 Å². The van der Waals surface area contributed by atoms with Gasteiger partial charge in [0.25, 0.3) is 5.91 Å². The van der Waals surface area contributed by atoms with Gasteiger partial charge >= 0.3 is 0 Å². The fourth-order valence-corrected chi connectivity index (χ4v) is 1.57. The summed E-state index contributed by atoms with van der Waals surface area (Å²) < 4.78 is 6.25. The van der Waals surface area contributed by atoms with Gasteiger partial charge in [-0.2, -0.15) is 0 Å². The van der Waals surface area contributed by atoms with Gasteiger partial charge in [0.05, 0.1) is 6.54 Å². The molecule has 0 fully saturated rings.